The van der Waals surface area contributed by atoms with Gasteiger partial charge in [0.15, 0.2) is 0 Å². The highest BCUT2D eigenvalue weighted by Gasteiger charge is 2.50. The maximum Gasteiger partial charge on any atom is 0.130 e. The molecule has 1 fully saturated rings. The lowest BCUT2D eigenvalue weighted by Crippen LogP contribution is -2.52. The Hall–Kier alpha value is -0.750. The van der Waals surface area contributed by atoms with Crippen molar-refractivity contribution in [3.63, 3.8) is 0 Å². The molecule has 0 spiro atoms. The van der Waals surface area contributed by atoms with E-state index in [0.29, 0.717) is 11.5 Å². The van der Waals surface area contributed by atoms with Gasteiger partial charge in [0.05, 0.1) is 28.1 Å². The first kappa shape index (κ1) is 30.2. The van der Waals surface area contributed by atoms with Gasteiger partial charge in [-0.1, -0.05) is 45.7 Å². The summed E-state index contributed by atoms with van der Waals surface area (Å²) in [6.07, 6.45) is 3.09. The highest BCUT2D eigenvalue weighted by Crippen LogP contribution is 2.44. The summed E-state index contributed by atoms with van der Waals surface area (Å²) in [7, 11) is 3.84. The van der Waals surface area contributed by atoms with E-state index in [1.165, 1.54) is 18.4 Å². The Morgan fingerprint density at radius 1 is 1.21 bits per heavy atom. The van der Waals surface area contributed by atoms with Gasteiger partial charge in [0.1, 0.15) is 22.6 Å². The first-order valence-corrected chi connectivity index (χ1v) is 16.7. The molecular weight excluding hydrogens is 537 g/mol. The van der Waals surface area contributed by atoms with E-state index in [0.717, 1.165) is 40.0 Å². The van der Waals surface area contributed by atoms with Crippen LogP contribution in [-0.2, 0) is 6.42 Å². The SMILES string of the molecule is CCCCCc1cccc(O)c1C1=N[C@@H]([C@H]2SC[C@@H]([C@@H](O)C(C)(C)C3=N[C@@](C)(C(O)NC)CS3)N2C)CS1. The molecule has 3 heterocycles. The van der Waals surface area contributed by atoms with E-state index in [1.807, 2.05) is 24.8 Å². The molecule has 212 valence electrons. The second-order valence-corrected chi connectivity index (χ2v) is 14.6. The Bertz CT molecular complexity index is 1050. The Kier molecular flexibility index (Phi) is 9.87. The molecule has 0 amide bonds. The van der Waals surface area contributed by atoms with Crippen molar-refractivity contribution in [3.8, 4) is 5.75 Å². The van der Waals surface area contributed by atoms with Gasteiger partial charge in [0.2, 0.25) is 0 Å². The third-order valence-electron chi connectivity index (χ3n) is 8.13. The van der Waals surface area contributed by atoms with Crippen LogP contribution >= 0.6 is 35.3 Å². The number of likely N-dealkylation sites (N-methyl/N-ethyl adjacent to an activating group) is 2. The van der Waals surface area contributed by atoms with Gasteiger partial charge in [0.25, 0.3) is 0 Å². The number of aliphatic imine (C=N–C) groups is 2. The molecule has 10 heteroatoms. The van der Waals surface area contributed by atoms with Gasteiger partial charge in [-0.05, 0) is 45.5 Å². The molecule has 0 bridgehead atoms. The standard InChI is InChI=1S/C28H44N4O3S3/c1-7-8-9-11-17-12-10-13-20(33)21(17)23-30-18(14-36-23)24-32(6)19(15-37-24)22(34)27(2,3)26-31-28(4,16-38-26)25(35)29-5/h10,12-13,18-19,22,24-25,29,33-35H,7-9,11,14-16H2,1-6H3/t18-,19+,22-,24-,25?,28-/m1/s1. The zero-order chi connectivity index (χ0) is 27.7. The summed E-state index contributed by atoms with van der Waals surface area (Å²) in [5.74, 6) is 2.70. The van der Waals surface area contributed by atoms with Crippen LogP contribution in [0.5, 0.6) is 5.75 Å². The normalized spacial score (nSPS) is 29.9. The van der Waals surface area contributed by atoms with Crippen LogP contribution in [0.15, 0.2) is 28.2 Å². The lowest BCUT2D eigenvalue weighted by Gasteiger charge is -2.38. The fraction of sp³-hybridized carbons (Fsp3) is 0.714. The molecule has 3 aliphatic heterocycles. The van der Waals surface area contributed by atoms with Gasteiger partial charge >= 0.3 is 0 Å². The van der Waals surface area contributed by atoms with Crippen LogP contribution in [0.2, 0.25) is 0 Å². The second kappa shape index (κ2) is 12.4. The smallest absolute Gasteiger partial charge is 0.130 e. The largest absolute Gasteiger partial charge is 0.507 e. The summed E-state index contributed by atoms with van der Waals surface area (Å²) >= 11 is 5.23. The molecule has 0 aliphatic carbocycles. The molecule has 7 nitrogen and oxygen atoms in total. The van der Waals surface area contributed by atoms with Crippen molar-refractivity contribution in [3.05, 3.63) is 29.3 Å². The van der Waals surface area contributed by atoms with Crippen LogP contribution in [0.1, 0.15) is 58.1 Å². The number of aliphatic hydroxyl groups is 2. The lowest BCUT2D eigenvalue weighted by molar-refractivity contribution is 0.0206. The number of aryl methyl sites for hydroxylation is 1. The van der Waals surface area contributed by atoms with Crippen LogP contribution < -0.4 is 5.32 Å². The van der Waals surface area contributed by atoms with E-state index in [9.17, 15) is 15.3 Å². The number of aliphatic hydroxyl groups excluding tert-OH is 2. The highest BCUT2D eigenvalue weighted by atomic mass is 32.2. The van der Waals surface area contributed by atoms with Crippen molar-refractivity contribution in [2.24, 2.45) is 15.4 Å². The number of phenolic OH excluding ortho intramolecular Hbond substituents is 1. The quantitative estimate of drug-likeness (QED) is 0.228. The van der Waals surface area contributed by atoms with E-state index in [4.69, 9.17) is 9.98 Å². The maximum absolute atomic E-state index is 11.6. The molecule has 1 unspecified atom stereocenters. The Labute approximate surface area is 240 Å². The van der Waals surface area contributed by atoms with Crippen molar-refractivity contribution in [1.82, 2.24) is 10.2 Å². The number of aromatic hydroxyl groups is 1. The van der Waals surface area contributed by atoms with Gasteiger partial charge in [-0.3, -0.25) is 20.2 Å². The monoisotopic (exact) mass is 580 g/mol. The predicted molar refractivity (Wildman–Crippen MR) is 165 cm³/mol. The summed E-state index contributed by atoms with van der Waals surface area (Å²) in [6.45, 7) is 8.29. The fourth-order valence-corrected chi connectivity index (χ4v) is 9.79. The van der Waals surface area contributed by atoms with E-state index in [1.54, 1.807) is 36.6 Å². The average molecular weight is 581 g/mol. The third-order valence-corrected chi connectivity index (χ3v) is 12.4. The number of nitrogens with one attached hydrogen (secondary N) is 1. The van der Waals surface area contributed by atoms with Gasteiger partial charge in [-0.2, -0.15) is 0 Å². The summed E-state index contributed by atoms with van der Waals surface area (Å²) in [5.41, 5.74) is 0.947. The van der Waals surface area contributed by atoms with E-state index in [2.05, 4.69) is 44.1 Å². The fourth-order valence-electron chi connectivity index (χ4n) is 5.50. The van der Waals surface area contributed by atoms with E-state index >= 15 is 0 Å². The number of rotatable bonds is 11. The molecular formula is C28H44N4O3S3. The average Bonchev–Trinajstić information content (AvgIpc) is 3.62. The minimum Gasteiger partial charge on any atom is -0.507 e. The summed E-state index contributed by atoms with van der Waals surface area (Å²) < 4.78 is 0. The van der Waals surface area contributed by atoms with Crippen LogP contribution in [0, 0.1) is 5.41 Å². The molecule has 1 saturated heterocycles. The Morgan fingerprint density at radius 3 is 2.68 bits per heavy atom. The van der Waals surface area contributed by atoms with Crippen molar-refractivity contribution >= 4 is 45.4 Å². The zero-order valence-corrected chi connectivity index (χ0v) is 25.9. The second-order valence-electron chi connectivity index (χ2n) is 11.5. The highest BCUT2D eigenvalue weighted by molar-refractivity contribution is 8.15. The van der Waals surface area contributed by atoms with Crippen molar-refractivity contribution < 1.29 is 15.3 Å². The van der Waals surface area contributed by atoms with Gasteiger partial charge in [0, 0.05) is 28.7 Å². The molecule has 38 heavy (non-hydrogen) atoms. The van der Waals surface area contributed by atoms with Gasteiger partial charge < -0.3 is 15.3 Å². The van der Waals surface area contributed by atoms with E-state index in [-0.39, 0.29) is 17.5 Å². The number of phenols is 1. The Morgan fingerprint density at radius 2 is 1.97 bits per heavy atom. The Balaban J connectivity index is 1.48. The molecule has 1 aromatic carbocycles. The number of thioether (sulfide) groups is 3. The summed E-state index contributed by atoms with van der Waals surface area (Å²) in [4.78, 5) is 12.3. The molecule has 0 saturated carbocycles. The minimum atomic E-state index is -0.724. The summed E-state index contributed by atoms with van der Waals surface area (Å²) in [6, 6.07) is 5.89. The minimum absolute atomic E-state index is 0.0247. The van der Waals surface area contributed by atoms with Gasteiger partial charge in [-0.25, -0.2) is 0 Å². The van der Waals surface area contributed by atoms with Crippen molar-refractivity contribution in [1.29, 1.82) is 0 Å². The molecule has 1 aromatic rings. The molecule has 6 atom stereocenters. The van der Waals surface area contributed by atoms with Crippen molar-refractivity contribution in [2.75, 3.05) is 31.4 Å². The first-order chi connectivity index (χ1) is 18.0. The first-order valence-electron chi connectivity index (χ1n) is 13.7. The molecule has 3 aliphatic rings. The third kappa shape index (κ3) is 5.97. The maximum atomic E-state index is 11.6. The predicted octanol–water partition coefficient (Wildman–Crippen LogP) is 4.19. The van der Waals surface area contributed by atoms with Crippen LogP contribution in [0.25, 0.3) is 0 Å². The van der Waals surface area contributed by atoms with Crippen LogP contribution in [0.4, 0.5) is 0 Å². The molecule has 0 aromatic heterocycles. The number of benzene rings is 1. The zero-order valence-electron chi connectivity index (χ0n) is 23.5. The number of unbranched alkanes of at least 4 members (excludes halogenated alkanes) is 2. The van der Waals surface area contributed by atoms with Crippen LogP contribution in [-0.4, -0.2) is 97.0 Å². The molecule has 4 rings (SSSR count). The van der Waals surface area contributed by atoms with E-state index < -0.39 is 23.3 Å². The molecule has 4 N–H and O–H groups in total. The lowest BCUT2D eigenvalue weighted by atomic mass is 9.83. The number of hydrogen-bond acceptors (Lipinski definition) is 10. The van der Waals surface area contributed by atoms with Gasteiger partial charge in [-0.15, -0.1) is 35.3 Å². The summed E-state index contributed by atoms with van der Waals surface area (Å²) in [5, 5.41) is 37.7. The number of hydrogen-bond donors (Lipinski definition) is 4. The topological polar surface area (TPSA) is 101 Å². The molecule has 0 radical (unpaired) electrons. The van der Waals surface area contributed by atoms with Crippen molar-refractivity contribution in [2.45, 2.75) is 88.7 Å². The van der Waals surface area contributed by atoms with Crippen LogP contribution in [0.3, 0.4) is 0 Å². The number of nitrogens with zero attached hydrogens (tertiary/aromatic N) is 3.